The van der Waals surface area contributed by atoms with Crippen LogP contribution in [-0.2, 0) is 4.79 Å². The summed E-state index contributed by atoms with van der Waals surface area (Å²) in [6.45, 7) is 0. The number of aliphatic carboxylic acids is 1. The molecule has 2 rings (SSSR count). The summed E-state index contributed by atoms with van der Waals surface area (Å²) in [5.41, 5.74) is 7.92. The van der Waals surface area contributed by atoms with E-state index in [9.17, 15) is 4.79 Å². The summed E-state index contributed by atoms with van der Waals surface area (Å²) in [5.74, 6) is -0.148. The van der Waals surface area contributed by atoms with Gasteiger partial charge in [0.15, 0.2) is 0 Å². The molecule has 0 aliphatic rings. The molecule has 0 bridgehead atoms. The molecule has 4 N–H and O–H groups in total. The second kappa shape index (κ2) is 5.10. The van der Waals surface area contributed by atoms with Crippen LogP contribution in [-0.4, -0.2) is 23.2 Å². The van der Waals surface area contributed by atoms with Crippen molar-refractivity contribution in [2.45, 2.75) is 18.9 Å². The first kappa shape index (κ1) is 12.4. The minimum atomic E-state index is -0.842. The number of carboxylic acid groups (broad SMARTS) is 1. The summed E-state index contributed by atoms with van der Waals surface area (Å²) in [6.07, 6.45) is 2.26. The van der Waals surface area contributed by atoms with E-state index in [4.69, 9.17) is 15.6 Å². The van der Waals surface area contributed by atoms with Crippen LogP contribution in [0.4, 0.5) is 0 Å². The molecule has 1 aromatic carbocycles. The zero-order valence-electron chi connectivity index (χ0n) is 10.1. The Morgan fingerprint density at radius 1 is 1.50 bits per heavy atom. The van der Waals surface area contributed by atoms with Crippen LogP contribution in [0.15, 0.2) is 24.4 Å². The summed E-state index contributed by atoms with van der Waals surface area (Å²) in [5, 5.41) is 9.69. The lowest BCUT2D eigenvalue weighted by molar-refractivity contribution is -0.137. The van der Waals surface area contributed by atoms with Crippen LogP contribution < -0.4 is 10.5 Å². The zero-order valence-corrected chi connectivity index (χ0v) is 10.1. The van der Waals surface area contributed by atoms with Gasteiger partial charge in [-0.2, -0.15) is 0 Å². The van der Waals surface area contributed by atoms with Crippen LogP contribution >= 0.6 is 0 Å². The molecule has 0 radical (unpaired) electrons. The third kappa shape index (κ3) is 2.31. The minimum absolute atomic E-state index is 0.0468. The van der Waals surface area contributed by atoms with Crippen LogP contribution in [0.3, 0.4) is 0 Å². The zero-order chi connectivity index (χ0) is 13.1. The number of methoxy groups -OCH3 is 1. The van der Waals surface area contributed by atoms with Gasteiger partial charge >= 0.3 is 5.97 Å². The molecule has 1 heterocycles. The molecule has 0 saturated carbocycles. The average molecular weight is 248 g/mol. The van der Waals surface area contributed by atoms with Crippen LogP contribution in [0.5, 0.6) is 5.75 Å². The molecule has 0 saturated heterocycles. The highest BCUT2D eigenvalue weighted by Gasteiger charge is 2.17. The van der Waals surface area contributed by atoms with Gasteiger partial charge in [-0.15, -0.1) is 0 Å². The first-order valence-corrected chi connectivity index (χ1v) is 5.75. The number of nitrogens with one attached hydrogen (secondary N) is 1. The number of ether oxygens (including phenoxy) is 1. The van der Waals surface area contributed by atoms with E-state index in [0.29, 0.717) is 12.2 Å². The van der Waals surface area contributed by atoms with Crippen molar-refractivity contribution in [3.8, 4) is 5.75 Å². The summed E-state index contributed by atoms with van der Waals surface area (Å²) in [7, 11) is 1.58. The average Bonchev–Trinajstić information content (AvgIpc) is 2.82. The SMILES string of the molecule is COc1ccc2[nH]ccc2c1C(N)CCC(=O)O. The van der Waals surface area contributed by atoms with Crippen LogP contribution in [0.2, 0.25) is 0 Å². The van der Waals surface area contributed by atoms with E-state index in [2.05, 4.69) is 4.98 Å². The van der Waals surface area contributed by atoms with Gasteiger partial charge in [-0.3, -0.25) is 4.79 Å². The number of carboxylic acids is 1. The molecular weight excluding hydrogens is 232 g/mol. The summed E-state index contributed by atoms with van der Waals surface area (Å²) in [6, 6.07) is 5.33. The maximum Gasteiger partial charge on any atom is 0.303 e. The van der Waals surface area contributed by atoms with Crippen molar-refractivity contribution in [2.24, 2.45) is 5.73 Å². The fourth-order valence-electron chi connectivity index (χ4n) is 2.12. The van der Waals surface area contributed by atoms with E-state index in [1.54, 1.807) is 7.11 Å². The maximum atomic E-state index is 10.6. The lowest BCUT2D eigenvalue weighted by atomic mass is 9.98. The van der Waals surface area contributed by atoms with Gasteiger partial charge in [-0.1, -0.05) is 0 Å². The Labute approximate surface area is 105 Å². The highest BCUT2D eigenvalue weighted by atomic mass is 16.5. The molecule has 0 aliphatic heterocycles. The number of H-pyrrole nitrogens is 1. The Morgan fingerprint density at radius 2 is 2.28 bits per heavy atom. The predicted molar refractivity (Wildman–Crippen MR) is 68.6 cm³/mol. The molecule has 0 spiro atoms. The lowest BCUT2D eigenvalue weighted by Gasteiger charge is -2.16. The molecular formula is C13H16N2O3. The van der Waals surface area contributed by atoms with Crippen molar-refractivity contribution in [3.05, 3.63) is 30.0 Å². The molecule has 0 amide bonds. The van der Waals surface area contributed by atoms with Gasteiger partial charge in [-0.25, -0.2) is 0 Å². The van der Waals surface area contributed by atoms with Gasteiger partial charge in [0.25, 0.3) is 0 Å². The molecule has 1 unspecified atom stereocenters. The van der Waals surface area contributed by atoms with Gasteiger partial charge in [-0.05, 0) is 24.6 Å². The van der Waals surface area contributed by atoms with E-state index < -0.39 is 5.97 Å². The van der Waals surface area contributed by atoms with Crippen LogP contribution in [0.1, 0.15) is 24.4 Å². The van der Waals surface area contributed by atoms with E-state index >= 15 is 0 Å². The van der Waals surface area contributed by atoms with Gasteiger partial charge in [0.05, 0.1) is 7.11 Å². The van der Waals surface area contributed by atoms with Gasteiger partial charge in [0, 0.05) is 35.1 Å². The molecule has 0 fully saturated rings. The smallest absolute Gasteiger partial charge is 0.303 e. The van der Waals surface area contributed by atoms with Gasteiger partial charge in [0.1, 0.15) is 5.75 Å². The first-order valence-electron chi connectivity index (χ1n) is 5.75. The quantitative estimate of drug-likeness (QED) is 0.755. The highest BCUT2D eigenvalue weighted by molar-refractivity contribution is 5.85. The van der Waals surface area contributed by atoms with E-state index in [0.717, 1.165) is 16.5 Å². The van der Waals surface area contributed by atoms with Crippen LogP contribution in [0, 0.1) is 0 Å². The highest BCUT2D eigenvalue weighted by Crippen LogP contribution is 2.33. The molecule has 18 heavy (non-hydrogen) atoms. The number of aromatic nitrogens is 1. The van der Waals surface area contributed by atoms with Crippen molar-refractivity contribution in [1.82, 2.24) is 4.98 Å². The van der Waals surface area contributed by atoms with Crippen molar-refractivity contribution >= 4 is 16.9 Å². The van der Waals surface area contributed by atoms with Crippen LogP contribution in [0.25, 0.3) is 10.9 Å². The largest absolute Gasteiger partial charge is 0.496 e. The molecule has 1 aromatic heterocycles. The number of nitrogens with two attached hydrogens (primary N) is 1. The molecule has 96 valence electrons. The van der Waals surface area contributed by atoms with E-state index in [-0.39, 0.29) is 12.5 Å². The molecule has 5 heteroatoms. The van der Waals surface area contributed by atoms with Crippen molar-refractivity contribution in [1.29, 1.82) is 0 Å². The molecule has 2 aromatic rings. The molecule has 5 nitrogen and oxygen atoms in total. The second-order valence-electron chi connectivity index (χ2n) is 4.16. The predicted octanol–water partition coefficient (Wildman–Crippen LogP) is 2.04. The fourth-order valence-corrected chi connectivity index (χ4v) is 2.12. The topological polar surface area (TPSA) is 88.3 Å². The molecule has 1 atom stereocenters. The maximum absolute atomic E-state index is 10.6. The van der Waals surface area contributed by atoms with Crippen molar-refractivity contribution in [2.75, 3.05) is 7.11 Å². The minimum Gasteiger partial charge on any atom is -0.496 e. The monoisotopic (exact) mass is 248 g/mol. The van der Waals surface area contributed by atoms with Gasteiger partial charge < -0.3 is 20.6 Å². The van der Waals surface area contributed by atoms with E-state index in [1.807, 2.05) is 24.4 Å². The Bertz CT molecular complexity index is 562. The van der Waals surface area contributed by atoms with E-state index in [1.165, 1.54) is 0 Å². The molecule has 0 aliphatic carbocycles. The number of rotatable bonds is 5. The van der Waals surface area contributed by atoms with Gasteiger partial charge in [0.2, 0.25) is 0 Å². The second-order valence-corrected chi connectivity index (χ2v) is 4.16. The van der Waals surface area contributed by atoms with Crippen molar-refractivity contribution in [3.63, 3.8) is 0 Å². The summed E-state index contributed by atoms with van der Waals surface area (Å²) >= 11 is 0. The third-order valence-corrected chi connectivity index (χ3v) is 3.00. The first-order chi connectivity index (χ1) is 8.63. The third-order valence-electron chi connectivity index (χ3n) is 3.00. The Kier molecular flexibility index (Phi) is 3.53. The number of hydrogen-bond donors (Lipinski definition) is 3. The number of carbonyl (C=O) groups is 1. The summed E-state index contributed by atoms with van der Waals surface area (Å²) < 4.78 is 5.31. The lowest BCUT2D eigenvalue weighted by Crippen LogP contribution is -2.13. The fraction of sp³-hybridized carbons (Fsp3) is 0.308. The van der Waals surface area contributed by atoms with Crippen molar-refractivity contribution < 1.29 is 14.6 Å². The Balaban J connectivity index is 2.39. The standard InChI is InChI=1S/C13H16N2O3/c1-18-11-4-3-10-8(6-7-15-10)13(11)9(14)2-5-12(16)17/h3-4,6-7,9,15H,2,5,14H2,1H3,(H,16,17). The Morgan fingerprint density at radius 3 is 2.94 bits per heavy atom. The normalized spacial score (nSPS) is 12.6. The number of benzene rings is 1. The number of hydrogen-bond acceptors (Lipinski definition) is 3. The summed E-state index contributed by atoms with van der Waals surface area (Å²) in [4.78, 5) is 13.7. The Hall–Kier alpha value is -2.01. The number of aromatic amines is 1. The number of fused-ring (bicyclic) bond motifs is 1.